The van der Waals surface area contributed by atoms with Crippen molar-refractivity contribution < 1.29 is 14.7 Å². The summed E-state index contributed by atoms with van der Waals surface area (Å²) in [6.45, 7) is 3.61. The Balaban J connectivity index is 0. The van der Waals surface area contributed by atoms with Crippen molar-refractivity contribution in [2.75, 3.05) is 0 Å². The fourth-order valence-corrected chi connectivity index (χ4v) is 2.21. The molecule has 0 saturated heterocycles. The van der Waals surface area contributed by atoms with Crippen molar-refractivity contribution in [2.24, 2.45) is 5.73 Å². The number of hydrogen-bond donors (Lipinski definition) is 2. The minimum atomic E-state index is -1.42. The van der Waals surface area contributed by atoms with Gasteiger partial charge in [-0.2, -0.15) is 0 Å². The van der Waals surface area contributed by atoms with Crippen molar-refractivity contribution >= 4 is 41.3 Å². The quantitative estimate of drug-likeness (QED) is 0.404. The molecular weight excluding hydrogens is 277 g/mol. The summed E-state index contributed by atoms with van der Waals surface area (Å²) in [6, 6.07) is 0. The van der Waals surface area contributed by atoms with Gasteiger partial charge >= 0.3 is 5.97 Å². The maximum absolute atomic E-state index is 11.6. The second kappa shape index (κ2) is 13.7. The number of unbranched alkanes of at least 4 members (excludes halogenated alkanes) is 8. The zero-order valence-corrected chi connectivity index (χ0v) is 16.1. The first-order valence-electron chi connectivity index (χ1n) is 7.94. The average Bonchev–Trinajstić information content (AvgIpc) is 2.36. The smallest absolute Gasteiger partial charge is 0.323 e. The van der Waals surface area contributed by atoms with Crippen LogP contribution in [0, 0.1) is 0 Å². The Labute approximate surface area is 151 Å². The zero-order valence-electron chi connectivity index (χ0n) is 14.1. The van der Waals surface area contributed by atoms with Gasteiger partial charge in [-0.05, 0) is 13.3 Å². The summed E-state index contributed by atoms with van der Waals surface area (Å²) in [6.07, 6.45) is 11.2. The molecule has 0 rings (SSSR count). The van der Waals surface area contributed by atoms with Gasteiger partial charge in [0, 0.05) is 42.4 Å². The van der Waals surface area contributed by atoms with E-state index in [9.17, 15) is 9.59 Å². The van der Waals surface area contributed by atoms with Crippen molar-refractivity contribution in [3.63, 3.8) is 0 Å². The monoisotopic (exact) mass is 308 g/mol. The van der Waals surface area contributed by atoms with Crippen molar-refractivity contribution in [1.82, 2.24) is 0 Å². The number of nitrogens with two attached hydrogens (primary N) is 1. The maximum Gasteiger partial charge on any atom is 0.323 e. The Bertz CT molecular complexity index is 293. The van der Waals surface area contributed by atoms with Crippen LogP contribution in [0.2, 0.25) is 0 Å². The first-order chi connectivity index (χ1) is 9.40. The number of rotatable bonds is 13. The SMILES string of the molecule is CCCCCCCCCCCC(=O)CC(C)(N)C(=O)O.[Na]. The number of carboxylic acids is 1. The summed E-state index contributed by atoms with van der Waals surface area (Å²) in [7, 11) is 0. The standard InChI is InChI=1S/C16H31NO3.Na/c1-3-4-5-6-7-8-9-10-11-12-14(18)13-16(2,17)15(19)20;/h3-13,17H2,1-2H3,(H,19,20);. The third kappa shape index (κ3) is 13.5. The molecule has 0 aliphatic rings. The van der Waals surface area contributed by atoms with Crippen LogP contribution >= 0.6 is 0 Å². The Morgan fingerprint density at radius 2 is 1.38 bits per heavy atom. The van der Waals surface area contributed by atoms with Crippen LogP contribution in [0.4, 0.5) is 0 Å². The second-order valence-electron chi connectivity index (χ2n) is 6.02. The van der Waals surface area contributed by atoms with Gasteiger partial charge in [0.1, 0.15) is 11.3 Å². The molecule has 0 amide bonds. The predicted molar refractivity (Wildman–Crippen MR) is 87.5 cm³/mol. The van der Waals surface area contributed by atoms with Crippen molar-refractivity contribution in [3.05, 3.63) is 0 Å². The maximum atomic E-state index is 11.6. The molecule has 0 aromatic carbocycles. The van der Waals surface area contributed by atoms with Crippen LogP contribution in [0.15, 0.2) is 0 Å². The molecule has 0 bridgehead atoms. The molecule has 0 heterocycles. The molecule has 21 heavy (non-hydrogen) atoms. The molecule has 0 saturated carbocycles. The van der Waals surface area contributed by atoms with Crippen molar-refractivity contribution in [2.45, 2.75) is 90.0 Å². The van der Waals surface area contributed by atoms with E-state index in [1.165, 1.54) is 45.4 Å². The molecule has 1 atom stereocenters. The Morgan fingerprint density at radius 3 is 1.81 bits per heavy atom. The van der Waals surface area contributed by atoms with E-state index >= 15 is 0 Å². The van der Waals surface area contributed by atoms with E-state index < -0.39 is 11.5 Å². The summed E-state index contributed by atoms with van der Waals surface area (Å²) in [5.74, 6) is -1.15. The molecule has 0 fully saturated rings. The minimum absolute atomic E-state index is 0. The molecular formula is C16H31NNaO3. The van der Waals surface area contributed by atoms with Gasteiger partial charge in [-0.3, -0.25) is 9.59 Å². The number of carboxylic acid groups (broad SMARTS) is 1. The largest absolute Gasteiger partial charge is 0.480 e. The minimum Gasteiger partial charge on any atom is -0.480 e. The van der Waals surface area contributed by atoms with Gasteiger partial charge in [-0.1, -0.05) is 58.3 Å². The third-order valence-corrected chi connectivity index (χ3v) is 3.61. The number of hydrogen-bond acceptors (Lipinski definition) is 3. The number of carbonyl (C=O) groups excluding carboxylic acids is 1. The molecule has 5 heteroatoms. The van der Waals surface area contributed by atoms with Gasteiger partial charge in [0.15, 0.2) is 0 Å². The molecule has 119 valence electrons. The van der Waals surface area contributed by atoms with Crippen LogP contribution in [-0.2, 0) is 9.59 Å². The van der Waals surface area contributed by atoms with Crippen LogP contribution in [0.5, 0.6) is 0 Å². The van der Waals surface area contributed by atoms with E-state index in [1.54, 1.807) is 0 Å². The second-order valence-corrected chi connectivity index (χ2v) is 6.02. The molecule has 0 aliphatic heterocycles. The van der Waals surface area contributed by atoms with E-state index in [0.717, 1.165) is 19.3 Å². The van der Waals surface area contributed by atoms with Crippen molar-refractivity contribution in [3.8, 4) is 0 Å². The Hall–Kier alpha value is 0.100. The summed E-state index contributed by atoms with van der Waals surface area (Å²) in [5, 5.41) is 8.84. The van der Waals surface area contributed by atoms with Crippen LogP contribution < -0.4 is 5.73 Å². The van der Waals surface area contributed by atoms with E-state index in [0.29, 0.717) is 6.42 Å². The number of Topliss-reactive ketones (excluding diaryl/α,β-unsaturated/α-hetero) is 1. The predicted octanol–water partition coefficient (Wildman–Crippen LogP) is 3.29. The van der Waals surface area contributed by atoms with Crippen LogP contribution in [0.3, 0.4) is 0 Å². The molecule has 0 aromatic heterocycles. The molecule has 1 unspecified atom stereocenters. The molecule has 0 aromatic rings. The van der Waals surface area contributed by atoms with E-state index in [-0.39, 0.29) is 41.8 Å². The van der Waals surface area contributed by atoms with Gasteiger partial charge in [0.25, 0.3) is 0 Å². The normalized spacial score (nSPS) is 13.3. The van der Waals surface area contributed by atoms with E-state index in [2.05, 4.69) is 6.92 Å². The van der Waals surface area contributed by atoms with Gasteiger partial charge in [-0.15, -0.1) is 0 Å². The summed E-state index contributed by atoms with van der Waals surface area (Å²) < 4.78 is 0. The zero-order chi connectivity index (χ0) is 15.4. The number of ketones is 1. The molecule has 4 nitrogen and oxygen atoms in total. The van der Waals surface area contributed by atoms with E-state index in [4.69, 9.17) is 10.8 Å². The van der Waals surface area contributed by atoms with E-state index in [1.807, 2.05) is 0 Å². The van der Waals surface area contributed by atoms with Crippen molar-refractivity contribution in [1.29, 1.82) is 0 Å². The fraction of sp³-hybridized carbons (Fsp3) is 0.875. The topological polar surface area (TPSA) is 80.4 Å². The average molecular weight is 308 g/mol. The molecule has 3 N–H and O–H groups in total. The van der Waals surface area contributed by atoms with Crippen LogP contribution in [0.25, 0.3) is 0 Å². The summed E-state index contributed by atoms with van der Waals surface area (Å²) in [4.78, 5) is 22.4. The number of aliphatic carboxylic acids is 1. The first kappa shape index (κ1) is 23.4. The third-order valence-electron chi connectivity index (χ3n) is 3.61. The molecule has 1 radical (unpaired) electrons. The van der Waals surface area contributed by atoms with Crippen LogP contribution in [0.1, 0.15) is 84.5 Å². The number of carbonyl (C=O) groups is 2. The Morgan fingerprint density at radius 1 is 0.952 bits per heavy atom. The Kier molecular flexibility index (Phi) is 15.3. The summed E-state index contributed by atoms with van der Waals surface area (Å²) >= 11 is 0. The fourth-order valence-electron chi connectivity index (χ4n) is 2.21. The molecule has 0 spiro atoms. The first-order valence-corrected chi connectivity index (χ1v) is 7.94. The summed E-state index contributed by atoms with van der Waals surface area (Å²) in [5.41, 5.74) is 4.13. The van der Waals surface area contributed by atoms with Gasteiger partial charge in [-0.25, -0.2) is 0 Å². The van der Waals surface area contributed by atoms with Crippen LogP contribution in [-0.4, -0.2) is 52.0 Å². The van der Waals surface area contributed by atoms with Gasteiger partial charge in [0.05, 0.1) is 0 Å². The van der Waals surface area contributed by atoms with Gasteiger partial charge in [0.2, 0.25) is 0 Å². The molecule has 0 aliphatic carbocycles. The van der Waals surface area contributed by atoms with Gasteiger partial charge < -0.3 is 10.8 Å².